The third kappa shape index (κ3) is 2.84. The Morgan fingerprint density at radius 2 is 2.19 bits per heavy atom. The van der Waals surface area contributed by atoms with Gasteiger partial charge in [0.05, 0.1) is 12.0 Å². The van der Waals surface area contributed by atoms with Gasteiger partial charge in [-0.3, -0.25) is 4.90 Å². The quantitative estimate of drug-likeness (QED) is 0.742. The van der Waals surface area contributed by atoms with Crippen LogP contribution in [0.5, 0.6) is 0 Å². The van der Waals surface area contributed by atoms with E-state index in [1.807, 2.05) is 20.9 Å². The van der Waals surface area contributed by atoms with Crippen molar-refractivity contribution < 1.29 is 4.52 Å². The molecule has 0 saturated carbocycles. The molecule has 1 fully saturated rings. The fourth-order valence-corrected chi connectivity index (χ4v) is 3.90. The lowest BCUT2D eigenvalue weighted by molar-refractivity contribution is 0.144. The van der Waals surface area contributed by atoms with E-state index in [0.717, 1.165) is 61.1 Å². The van der Waals surface area contributed by atoms with Gasteiger partial charge in [-0.15, -0.1) is 0 Å². The number of rotatable bonds is 4. The van der Waals surface area contributed by atoms with Gasteiger partial charge in [0.1, 0.15) is 17.1 Å². The molecule has 0 radical (unpaired) electrons. The first kappa shape index (κ1) is 17.0. The molecule has 0 aromatic carbocycles. The molecule has 1 aliphatic heterocycles. The molecule has 0 bridgehead atoms. The Morgan fingerprint density at radius 1 is 1.35 bits per heavy atom. The molecule has 1 unspecified atom stereocenters. The zero-order valence-electron chi connectivity index (χ0n) is 15.8. The molecule has 0 spiro atoms. The summed E-state index contributed by atoms with van der Waals surface area (Å²) in [6.07, 6.45) is 3.83. The van der Waals surface area contributed by atoms with Crippen molar-refractivity contribution in [2.24, 2.45) is 0 Å². The van der Waals surface area contributed by atoms with Crippen LogP contribution in [-0.2, 0) is 12.0 Å². The molecule has 0 amide bonds. The standard InChI is InChI=1S/C18H25N7O/c1-11-13(12(2)26-24-11)8-25-7-5-6-18(3,9-25)17-22-15(19-4)14-16(23-17)21-10-20-14/h10H,5-9H2,1-4H3,(H2,19,20,21,22,23). The fraction of sp³-hybridized carbons (Fsp3) is 0.556. The highest BCUT2D eigenvalue weighted by Gasteiger charge is 2.36. The van der Waals surface area contributed by atoms with Crippen LogP contribution in [-0.4, -0.2) is 50.1 Å². The average Bonchev–Trinajstić information content (AvgIpc) is 3.23. The van der Waals surface area contributed by atoms with Crippen LogP contribution in [0.4, 0.5) is 5.82 Å². The number of piperidine rings is 1. The van der Waals surface area contributed by atoms with E-state index in [1.54, 1.807) is 6.33 Å². The largest absolute Gasteiger partial charge is 0.371 e. The summed E-state index contributed by atoms with van der Waals surface area (Å²) in [5.41, 5.74) is 3.61. The van der Waals surface area contributed by atoms with Crippen molar-refractivity contribution in [2.75, 3.05) is 25.5 Å². The summed E-state index contributed by atoms with van der Waals surface area (Å²) in [6.45, 7) is 9.04. The monoisotopic (exact) mass is 355 g/mol. The lowest BCUT2D eigenvalue weighted by atomic mass is 9.80. The highest BCUT2D eigenvalue weighted by Crippen LogP contribution is 2.34. The van der Waals surface area contributed by atoms with Gasteiger partial charge in [0.15, 0.2) is 11.5 Å². The first-order valence-electron chi connectivity index (χ1n) is 9.03. The summed E-state index contributed by atoms with van der Waals surface area (Å²) in [6, 6.07) is 0. The smallest absolute Gasteiger partial charge is 0.183 e. The normalized spacial score (nSPS) is 21.4. The Balaban J connectivity index is 1.63. The number of hydrogen-bond acceptors (Lipinski definition) is 7. The van der Waals surface area contributed by atoms with Crippen LogP contribution in [0.2, 0.25) is 0 Å². The van der Waals surface area contributed by atoms with Crippen LogP contribution in [0, 0.1) is 13.8 Å². The minimum atomic E-state index is -0.115. The van der Waals surface area contributed by atoms with Crippen molar-refractivity contribution in [3.63, 3.8) is 0 Å². The molecule has 3 aromatic heterocycles. The highest BCUT2D eigenvalue weighted by molar-refractivity contribution is 5.82. The van der Waals surface area contributed by atoms with E-state index in [9.17, 15) is 0 Å². The number of nitrogens with one attached hydrogen (secondary N) is 2. The SMILES string of the molecule is CNc1nc(C2(C)CCCN(Cc3c(C)noc3C)C2)nc2nc[nH]c12. The second-order valence-corrected chi connectivity index (χ2v) is 7.42. The van der Waals surface area contributed by atoms with Gasteiger partial charge in [-0.2, -0.15) is 0 Å². The number of anilines is 1. The van der Waals surface area contributed by atoms with Crippen molar-refractivity contribution in [3.8, 4) is 0 Å². The third-order valence-corrected chi connectivity index (χ3v) is 5.40. The summed E-state index contributed by atoms with van der Waals surface area (Å²) in [5.74, 6) is 2.55. The molecule has 1 saturated heterocycles. The van der Waals surface area contributed by atoms with Crippen molar-refractivity contribution in [2.45, 2.75) is 45.6 Å². The number of H-pyrrole nitrogens is 1. The van der Waals surface area contributed by atoms with Gasteiger partial charge in [-0.05, 0) is 33.2 Å². The van der Waals surface area contributed by atoms with E-state index < -0.39 is 0 Å². The number of imidazole rings is 1. The molecule has 1 aliphatic rings. The second kappa shape index (κ2) is 6.35. The van der Waals surface area contributed by atoms with E-state index in [0.29, 0.717) is 5.65 Å². The van der Waals surface area contributed by atoms with E-state index in [-0.39, 0.29) is 5.41 Å². The number of fused-ring (bicyclic) bond motifs is 1. The molecule has 2 N–H and O–H groups in total. The van der Waals surface area contributed by atoms with Crippen LogP contribution < -0.4 is 5.32 Å². The molecule has 8 nitrogen and oxygen atoms in total. The molecule has 138 valence electrons. The Morgan fingerprint density at radius 3 is 2.92 bits per heavy atom. The van der Waals surface area contributed by atoms with Gasteiger partial charge < -0.3 is 14.8 Å². The maximum Gasteiger partial charge on any atom is 0.183 e. The fourth-order valence-electron chi connectivity index (χ4n) is 3.90. The molecular weight excluding hydrogens is 330 g/mol. The molecule has 0 aliphatic carbocycles. The van der Waals surface area contributed by atoms with E-state index >= 15 is 0 Å². The summed E-state index contributed by atoms with van der Waals surface area (Å²) in [7, 11) is 1.87. The van der Waals surface area contributed by atoms with Crippen LogP contribution in [0.3, 0.4) is 0 Å². The van der Waals surface area contributed by atoms with Crippen molar-refractivity contribution in [1.82, 2.24) is 30.0 Å². The minimum absolute atomic E-state index is 0.115. The Bertz CT molecular complexity index is 911. The molecule has 1 atom stereocenters. The number of likely N-dealkylation sites (tertiary alicyclic amines) is 1. The van der Waals surface area contributed by atoms with Gasteiger partial charge in [0, 0.05) is 31.1 Å². The van der Waals surface area contributed by atoms with Crippen LogP contribution >= 0.6 is 0 Å². The minimum Gasteiger partial charge on any atom is -0.371 e. The molecular formula is C18H25N7O. The number of aromatic amines is 1. The van der Waals surface area contributed by atoms with Gasteiger partial charge in [-0.1, -0.05) is 12.1 Å². The summed E-state index contributed by atoms with van der Waals surface area (Å²) >= 11 is 0. The number of hydrogen-bond donors (Lipinski definition) is 2. The number of aromatic nitrogens is 5. The summed E-state index contributed by atoms with van der Waals surface area (Å²) in [4.78, 5) is 19.5. The van der Waals surface area contributed by atoms with Gasteiger partial charge in [0.25, 0.3) is 0 Å². The lowest BCUT2D eigenvalue weighted by Crippen LogP contribution is -2.45. The number of aryl methyl sites for hydroxylation is 2. The van der Waals surface area contributed by atoms with Crippen LogP contribution in [0.25, 0.3) is 11.2 Å². The zero-order valence-corrected chi connectivity index (χ0v) is 15.8. The predicted octanol–water partition coefficient (Wildman–Crippen LogP) is 2.55. The maximum atomic E-state index is 5.32. The molecule has 4 heterocycles. The topological polar surface area (TPSA) is 95.8 Å². The third-order valence-electron chi connectivity index (χ3n) is 5.40. The molecule has 26 heavy (non-hydrogen) atoms. The predicted molar refractivity (Wildman–Crippen MR) is 99.1 cm³/mol. The highest BCUT2D eigenvalue weighted by atomic mass is 16.5. The van der Waals surface area contributed by atoms with Crippen molar-refractivity contribution >= 4 is 17.0 Å². The first-order chi connectivity index (χ1) is 12.5. The van der Waals surface area contributed by atoms with E-state index in [2.05, 4.69) is 32.3 Å². The van der Waals surface area contributed by atoms with Crippen LogP contribution in [0.1, 0.15) is 42.6 Å². The Kier molecular flexibility index (Phi) is 4.14. The first-order valence-corrected chi connectivity index (χ1v) is 9.03. The molecule has 3 aromatic rings. The van der Waals surface area contributed by atoms with Gasteiger partial charge in [-0.25, -0.2) is 15.0 Å². The van der Waals surface area contributed by atoms with Gasteiger partial charge in [0.2, 0.25) is 0 Å². The average molecular weight is 355 g/mol. The summed E-state index contributed by atoms with van der Waals surface area (Å²) in [5, 5.41) is 7.24. The number of nitrogens with zero attached hydrogens (tertiary/aromatic N) is 5. The lowest BCUT2D eigenvalue weighted by Gasteiger charge is -2.39. The molecule has 8 heteroatoms. The summed E-state index contributed by atoms with van der Waals surface area (Å²) < 4.78 is 5.32. The van der Waals surface area contributed by atoms with E-state index in [4.69, 9.17) is 14.5 Å². The van der Waals surface area contributed by atoms with Crippen LogP contribution in [0.15, 0.2) is 10.9 Å². The zero-order chi connectivity index (χ0) is 18.3. The molecule has 4 rings (SSSR count). The maximum absolute atomic E-state index is 5.32. The van der Waals surface area contributed by atoms with E-state index in [1.165, 1.54) is 5.56 Å². The Hall–Kier alpha value is -2.48. The van der Waals surface area contributed by atoms with Gasteiger partial charge >= 0.3 is 0 Å². The second-order valence-electron chi connectivity index (χ2n) is 7.42. The Labute approximate surface area is 152 Å². The van der Waals surface area contributed by atoms with Crippen molar-refractivity contribution in [1.29, 1.82) is 0 Å². The van der Waals surface area contributed by atoms with Crippen molar-refractivity contribution in [3.05, 3.63) is 29.2 Å².